The standard InChI is InChI=1S/C23H24F5N3O/c1-15(2)14-19(21(32)30-13-12-29)31-20(22(24,25)23(26,27)28)18-10-8-17(9-11-18)16-6-4-3-5-7-16/h3-11,15,19-20,31H,13-14H2,1-2H3,(H,30,32)/t19-,20-/m0/s1. The average molecular weight is 453 g/mol. The summed E-state index contributed by atoms with van der Waals surface area (Å²) in [5.74, 6) is -6.14. The lowest BCUT2D eigenvalue weighted by molar-refractivity contribution is -0.295. The molecule has 0 saturated heterocycles. The van der Waals surface area contributed by atoms with Crippen LogP contribution in [-0.4, -0.2) is 30.6 Å². The van der Waals surface area contributed by atoms with Crippen molar-refractivity contribution in [1.82, 2.24) is 10.6 Å². The van der Waals surface area contributed by atoms with Crippen molar-refractivity contribution in [2.75, 3.05) is 6.54 Å². The first-order chi connectivity index (χ1) is 15.0. The van der Waals surface area contributed by atoms with E-state index in [1.54, 1.807) is 50.2 Å². The molecule has 32 heavy (non-hydrogen) atoms. The van der Waals surface area contributed by atoms with Gasteiger partial charge in [-0.05, 0) is 29.0 Å². The summed E-state index contributed by atoms with van der Waals surface area (Å²) in [6, 6.07) is 12.1. The van der Waals surface area contributed by atoms with E-state index in [0.717, 1.165) is 5.56 Å². The van der Waals surface area contributed by atoms with Crippen molar-refractivity contribution >= 4 is 5.91 Å². The number of carbonyl (C=O) groups is 1. The van der Waals surface area contributed by atoms with E-state index in [2.05, 4.69) is 10.6 Å². The Balaban J connectivity index is 2.43. The Morgan fingerprint density at radius 2 is 1.53 bits per heavy atom. The Kier molecular flexibility index (Phi) is 8.33. The number of hydrogen-bond donors (Lipinski definition) is 2. The molecule has 0 bridgehead atoms. The minimum absolute atomic E-state index is 0.00377. The molecule has 4 nitrogen and oxygen atoms in total. The van der Waals surface area contributed by atoms with Gasteiger partial charge in [-0.15, -0.1) is 0 Å². The molecular formula is C23H24F5N3O. The van der Waals surface area contributed by atoms with Crippen LogP contribution >= 0.6 is 0 Å². The Morgan fingerprint density at radius 1 is 0.969 bits per heavy atom. The summed E-state index contributed by atoms with van der Waals surface area (Å²) >= 11 is 0. The molecule has 0 aliphatic rings. The first-order valence-electron chi connectivity index (χ1n) is 9.98. The molecule has 2 atom stereocenters. The molecule has 0 unspecified atom stereocenters. The first kappa shape index (κ1) is 25.3. The largest absolute Gasteiger partial charge is 0.455 e. The zero-order valence-corrected chi connectivity index (χ0v) is 17.6. The molecule has 9 heteroatoms. The van der Waals surface area contributed by atoms with Gasteiger partial charge in [0, 0.05) is 0 Å². The highest BCUT2D eigenvalue weighted by Crippen LogP contribution is 2.45. The minimum Gasteiger partial charge on any atom is -0.342 e. The van der Waals surface area contributed by atoms with Crippen LogP contribution in [0.2, 0.25) is 0 Å². The van der Waals surface area contributed by atoms with Crippen molar-refractivity contribution in [2.45, 2.75) is 44.5 Å². The Labute approximate surface area is 183 Å². The van der Waals surface area contributed by atoms with Gasteiger partial charge in [-0.25, -0.2) is 0 Å². The van der Waals surface area contributed by atoms with Crippen LogP contribution in [0.15, 0.2) is 54.6 Å². The van der Waals surface area contributed by atoms with Crippen LogP contribution < -0.4 is 10.6 Å². The lowest BCUT2D eigenvalue weighted by Crippen LogP contribution is -2.54. The zero-order valence-electron chi connectivity index (χ0n) is 17.6. The third-order valence-electron chi connectivity index (χ3n) is 4.82. The van der Waals surface area contributed by atoms with Crippen molar-refractivity contribution in [3.8, 4) is 17.2 Å². The van der Waals surface area contributed by atoms with E-state index in [9.17, 15) is 26.7 Å². The summed E-state index contributed by atoms with van der Waals surface area (Å²) < 4.78 is 69.0. The Hall–Kier alpha value is -2.99. The normalized spacial score (nSPS) is 14.0. The maximum Gasteiger partial charge on any atom is 0.455 e. The topological polar surface area (TPSA) is 64.9 Å². The van der Waals surface area contributed by atoms with E-state index in [0.29, 0.717) is 5.56 Å². The summed E-state index contributed by atoms with van der Waals surface area (Å²) in [6.07, 6.45) is -5.84. The fraction of sp³-hybridized carbons (Fsp3) is 0.391. The SMILES string of the molecule is CC(C)C[C@H](N[C@@H](c1ccc(-c2ccccc2)cc1)C(F)(F)C(F)(F)F)C(=O)NCC#N. The number of nitrogens with zero attached hydrogens (tertiary/aromatic N) is 1. The van der Waals surface area contributed by atoms with Crippen molar-refractivity contribution < 1.29 is 26.7 Å². The third-order valence-corrected chi connectivity index (χ3v) is 4.82. The number of carbonyl (C=O) groups excluding carboxylic acids is 1. The van der Waals surface area contributed by atoms with Crippen LogP contribution in [0.5, 0.6) is 0 Å². The van der Waals surface area contributed by atoms with E-state index >= 15 is 0 Å². The lowest BCUT2D eigenvalue weighted by atomic mass is 9.94. The van der Waals surface area contributed by atoms with Crippen molar-refractivity contribution in [2.24, 2.45) is 5.92 Å². The molecule has 0 saturated carbocycles. The van der Waals surface area contributed by atoms with Gasteiger partial charge in [0.2, 0.25) is 5.91 Å². The maximum atomic E-state index is 14.5. The number of alkyl halides is 5. The summed E-state index contributed by atoms with van der Waals surface area (Å²) in [6.45, 7) is 3.02. The molecule has 0 aliphatic heterocycles. The highest BCUT2D eigenvalue weighted by molar-refractivity contribution is 5.82. The molecule has 2 aromatic rings. The Bertz CT molecular complexity index is 921. The summed E-state index contributed by atoms with van der Waals surface area (Å²) in [5, 5.41) is 13.1. The molecule has 0 fully saturated rings. The van der Waals surface area contributed by atoms with Crippen LogP contribution in [0.25, 0.3) is 11.1 Å². The van der Waals surface area contributed by atoms with Gasteiger partial charge in [0.25, 0.3) is 0 Å². The predicted octanol–water partition coefficient (Wildman–Crippen LogP) is 5.24. The van der Waals surface area contributed by atoms with E-state index in [1.165, 1.54) is 24.3 Å². The van der Waals surface area contributed by atoms with Crippen molar-refractivity contribution in [1.29, 1.82) is 5.26 Å². The summed E-state index contributed by atoms with van der Waals surface area (Å²) in [5.41, 5.74) is 1.11. The third kappa shape index (κ3) is 6.26. The van der Waals surface area contributed by atoms with Crippen LogP contribution in [0.3, 0.4) is 0 Å². The first-order valence-corrected chi connectivity index (χ1v) is 9.98. The number of nitriles is 1. The highest BCUT2D eigenvalue weighted by atomic mass is 19.4. The molecule has 2 N–H and O–H groups in total. The Morgan fingerprint density at radius 3 is 2.03 bits per heavy atom. The molecule has 0 aliphatic carbocycles. The molecule has 0 spiro atoms. The van der Waals surface area contributed by atoms with Gasteiger partial charge in [-0.3, -0.25) is 10.1 Å². The van der Waals surface area contributed by atoms with Crippen LogP contribution in [0, 0.1) is 17.2 Å². The van der Waals surface area contributed by atoms with Gasteiger partial charge in [0.15, 0.2) is 0 Å². The fourth-order valence-corrected chi connectivity index (χ4v) is 3.25. The van der Waals surface area contributed by atoms with Crippen LogP contribution in [-0.2, 0) is 4.79 Å². The number of benzene rings is 2. The number of rotatable bonds is 9. The van der Waals surface area contributed by atoms with Gasteiger partial charge in [0.1, 0.15) is 12.6 Å². The smallest absolute Gasteiger partial charge is 0.342 e. The van der Waals surface area contributed by atoms with Gasteiger partial charge >= 0.3 is 12.1 Å². The fourth-order valence-electron chi connectivity index (χ4n) is 3.25. The molecule has 0 aromatic heterocycles. The molecule has 2 rings (SSSR count). The summed E-state index contributed by atoms with van der Waals surface area (Å²) in [7, 11) is 0. The van der Waals surface area contributed by atoms with E-state index in [4.69, 9.17) is 5.26 Å². The van der Waals surface area contributed by atoms with E-state index < -0.39 is 30.1 Å². The molecule has 1 amide bonds. The van der Waals surface area contributed by atoms with Gasteiger partial charge in [-0.1, -0.05) is 68.4 Å². The molecule has 172 valence electrons. The number of hydrogen-bond acceptors (Lipinski definition) is 3. The van der Waals surface area contributed by atoms with Crippen LogP contribution in [0.4, 0.5) is 22.0 Å². The van der Waals surface area contributed by atoms with Gasteiger partial charge in [-0.2, -0.15) is 27.2 Å². The monoisotopic (exact) mass is 453 g/mol. The van der Waals surface area contributed by atoms with E-state index in [-0.39, 0.29) is 24.4 Å². The molecular weight excluding hydrogens is 429 g/mol. The van der Waals surface area contributed by atoms with Crippen LogP contribution in [0.1, 0.15) is 31.9 Å². The minimum atomic E-state index is -5.84. The molecule has 0 heterocycles. The van der Waals surface area contributed by atoms with Crippen molar-refractivity contribution in [3.05, 3.63) is 60.2 Å². The lowest BCUT2D eigenvalue weighted by Gasteiger charge is -2.33. The van der Waals surface area contributed by atoms with Gasteiger partial charge in [0.05, 0.1) is 12.1 Å². The molecule has 2 aromatic carbocycles. The average Bonchev–Trinajstić information content (AvgIpc) is 2.74. The van der Waals surface area contributed by atoms with Gasteiger partial charge < -0.3 is 5.32 Å². The van der Waals surface area contributed by atoms with E-state index in [1.807, 2.05) is 0 Å². The maximum absolute atomic E-state index is 14.5. The second-order valence-electron chi connectivity index (χ2n) is 7.77. The second kappa shape index (κ2) is 10.6. The second-order valence-corrected chi connectivity index (χ2v) is 7.77. The predicted molar refractivity (Wildman–Crippen MR) is 111 cm³/mol. The number of nitrogens with one attached hydrogen (secondary N) is 2. The quantitative estimate of drug-likeness (QED) is 0.403. The zero-order chi connectivity index (χ0) is 23.9. The summed E-state index contributed by atoms with van der Waals surface area (Å²) in [4.78, 5) is 12.4. The highest BCUT2D eigenvalue weighted by Gasteiger charge is 2.63. The number of halogens is 5. The van der Waals surface area contributed by atoms with Crippen molar-refractivity contribution in [3.63, 3.8) is 0 Å². The number of amides is 1. The molecule has 0 radical (unpaired) electrons.